The maximum atomic E-state index is 2.27. The highest BCUT2D eigenvalue weighted by atomic mass is 14.0. The number of aryl methyl sites for hydroxylation is 2. The lowest BCUT2D eigenvalue weighted by Gasteiger charge is -2.04. The Morgan fingerprint density at radius 2 is 1.31 bits per heavy atom. The van der Waals surface area contributed by atoms with Gasteiger partial charge in [0, 0.05) is 0 Å². The molecule has 1 aromatic rings. The van der Waals surface area contributed by atoms with Gasteiger partial charge >= 0.3 is 0 Å². The van der Waals surface area contributed by atoms with Crippen molar-refractivity contribution in [2.75, 3.05) is 0 Å². The Morgan fingerprint density at radius 1 is 0.875 bits per heavy atom. The van der Waals surface area contributed by atoms with Crippen LogP contribution in [-0.2, 0) is 6.42 Å². The second kappa shape index (κ2) is 12.3. The summed E-state index contributed by atoms with van der Waals surface area (Å²) in [5.74, 6) is 0.811. The summed E-state index contributed by atoms with van der Waals surface area (Å²) in [6.07, 6.45) is 2.51. The maximum absolute atomic E-state index is 2.27. The molecule has 0 nitrogen and oxygen atoms in total. The van der Waals surface area contributed by atoms with Crippen LogP contribution in [0.4, 0.5) is 0 Å². The van der Waals surface area contributed by atoms with E-state index < -0.39 is 0 Å². The number of rotatable bonds is 3. The van der Waals surface area contributed by atoms with Gasteiger partial charge in [-0.2, -0.15) is 0 Å². The molecule has 16 heavy (non-hydrogen) atoms. The first-order chi connectivity index (χ1) is 7.68. The van der Waals surface area contributed by atoms with Crippen molar-refractivity contribution in [2.45, 2.75) is 61.3 Å². The Balaban J connectivity index is 0. The van der Waals surface area contributed by atoms with Crippen molar-refractivity contribution in [1.82, 2.24) is 0 Å². The molecule has 0 spiro atoms. The van der Waals surface area contributed by atoms with Crippen LogP contribution in [0.2, 0.25) is 0 Å². The van der Waals surface area contributed by atoms with Crippen LogP contribution in [0.3, 0.4) is 0 Å². The van der Waals surface area contributed by atoms with Crippen LogP contribution in [-0.4, -0.2) is 0 Å². The van der Waals surface area contributed by atoms with Gasteiger partial charge in [-0.1, -0.05) is 71.4 Å². The van der Waals surface area contributed by atoms with E-state index in [1.54, 1.807) is 0 Å². The molecule has 0 N–H and O–H groups in total. The Morgan fingerprint density at radius 3 is 1.69 bits per heavy atom. The summed E-state index contributed by atoms with van der Waals surface area (Å²) in [5.41, 5.74) is 2.82. The third-order valence-electron chi connectivity index (χ3n) is 2.13. The molecule has 0 aromatic heterocycles. The Kier molecular flexibility index (Phi) is 13.5. The van der Waals surface area contributed by atoms with Gasteiger partial charge in [0.05, 0.1) is 0 Å². The molecule has 0 aliphatic carbocycles. The monoisotopic (exact) mass is 222 g/mol. The van der Waals surface area contributed by atoms with Gasteiger partial charge < -0.3 is 0 Å². The normalized spacial score (nSPS) is 8.75. The first-order valence-corrected chi connectivity index (χ1v) is 6.74. The van der Waals surface area contributed by atoms with Crippen LogP contribution < -0.4 is 0 Å². The summed E-state index contributed by atoms with van der Waals surface area (Å²) in [7, 11) is 0. The first-order valence-electron chi connectivity index (χ1n) is 6.74. The van der Waals surface area contributed by atoms with E-state index in [1.165, 1.54) is 24.0 Å². The van der Waals surface area contributed by atoms with Crippen LogP contribution in [0.5, 0.6) is 0 Å². The van der Waals surface area contributed by atoms with Crippen molar-refractivity contribution in [3.8, 4) is 0 Å². The van der Waals surface area contributed by atoms with Gasteiger partial charge in [-0.3, -0.25) is 0 Å². The molecule has 0 atom stereocenters. The minimum absolute atomic E-state index is 0.811. The molecule has 0 aliphatic heterocycles. The third-order valence-corrected chi connectivity index (χ3v) is 2.13. The average Bonchev–Trinajstić information content (AvgIpc) is 2.33. The fourth-order valence-electron chi connectivity index (χ4n) is 1.21. The predicted molar refractivity (Wildman–Crippen MR) is 77.0 cm³/mol. The zero-order chi connectivity index (χ0) is 13.0. The predicted octanol–water partition coefficient (Wildman–Crippen LogP) is 5.64. The van der Waals surface area contributed by atoms with Crippen LogP contribution in [0.15, 0.2) is 24.3 Å². The van der Waals surface area contributed by atoms with Gasteiger partial charge in [-0.05, 0) is 31.2 Å². The molecule has 0 radical (unpaired) electrons. The van der Waals surface area contributed by atoms with Gasteiger partial charge in [0.1, 0.15) is 0 Å². The van der Waals surface area contributed by atoms with E-state index in [1.807, 2.05) is 27.7 Å². The van der Waals surface area contributed by atoms with E-state index in [0.29, 0.717) is 0 Å². The molecule has 0 unspecified atom stereocenters. The summed E-state index contributed by atoms with van der Waals surface area (Å²) in [5, 5.41) is 0. The number of hydrogen-bond acceptors (Lipinski definition) is 0. The summed E-state index contributed by atoms with van der Waals surface area (Å²) >= 11 is 0. The van der Waals surface area contributed by atoms with Gasteiger partial charge in [0.2, 0.25) is 0 Å². The lowest BCUT2D eigenvalue weighted by atomic mass is 10.0. The molecule has 0 fully saturated rings. The minimum atomic E-state index is 0.811. The van der Waals surface area contributed by atoms with Crippen molar-refractivity contribution < 1.29 is 0 Å². The smallest absolute Gasteiger partial charge is 0.0276 e. The highest BCUT2D eigenvalue weighted by Crippen LogP contribution is 2.09. The molecular formula is C16H30. The third kappa shape index (κ3) is 9.76. The molecule has 0 saturated carbocycles. The van der Waals surface area contributed by atoms with Crippen LogP contribution >= 0.6 is 0 Å². The van der Waals surface area contributed by atoms with Crippen molar-refractivity contribution in [3.05, 3.63) is 35.4 Å². The van der Waals surface area contributed by atoms with Gasteiger partial charge in [-0.15, -0.1) is 0 Å². The molecule has 0 amide bonds. The lowest BCUT2D eigenvalue weighted by molar-refractivity contribution is 0.586. The molecule has 0 aliphatic rings. The van der Waals surface area contributed by atoms with Crippen molar-refractivity contribution in [2.24, 2.45) is 5.92 Å². The Hall–Kier alpha value is -0.780. The second-order valence-corrected chi connectivity index (χ2v) is 3.92. The fraction of sp³-hybridized carbons (Fsp3) is 0.625. The first kappa shape index (κ1) is 17.6. The van der Waals surface area contributed by atoms with E-state index in [-0.39, 0.29) is 0 Å². The zero-order valence-electron chi connectivity index (χ0n) is 12.3. The highest BCUT2D eigenvalue weighted by molar-refractivity contribution is 5.21. The molecular weight excluding hydrogens is 192 g/mol. The van der Waals surface area contributed by atoms with E-state index in [4.69, 9.17) is 0 Å². The van der Waals surface area contributed by atoms with E-state index in [2.05, 4.69) is 45.0 Å². The molecule has 94 valence electrons. The molecule has 1 rings (SSSR count). The highest BCUT2D eigenvalue weighted by Gasteiger charge is 1.95. The summed E-state index contributed by atoms with van der Waals surface area (Å²) in [4.78, 5) is 0. The van der Waals surface area contributed by atoms with Crippen molar-refractivity contribution >= 4 is 0 Å². The van der Waals surface area contributed by atoms with E-state index >= 15 is 0 Å². The lowest BCUT2D eigenvalue weighted by Crippen LogP contribution is -1.91. The molecule has 1 aromatic carbocycles. The van der Waals surface area contributed by atoms with Crippen LogP contribution in [0, 0.1) is 12.8 Å². The SMILES string of the molecule is CC.CC.Cc1ccc(CCC(C)C)cc1. The molecule has 0 saturated heterocycles. The van der Waals surface area contributed by atoms with Crippen LogP contribution in [0.25, 0.3) is 0 Å². The molecule has 0 bridgehead atoms. The minimum Gasteiger partial charge on any atom is -0.0683 e. The zero-order valence-corrected chi connectivity index (χ0v) is 12.3. The second-order valence-electron chi connectivity index (χ2n) is 3.92. The van der Waals surface area contributed by atoms with Gasteiger partial charge in [0.15, 0.2) is 0 Å². The topological polar surface area (TPSA) is 0 Å². The van der Waals surface area contributed by atoms with E-state index in [0.717, 1.165) is 5.92 Å². The van der Waals surface area contributed by atoms with Crippen molar-refractivity contribution in [3.63, 3.8) is 0 Å². The Labute approximate surface area is 103 Å². The van der Waals surface area contributed by atoms with E-state index in [9.17, 15) is 0 Å². The van der Waals surface area contributed by atoms with Gasteiger partial charge in [-0.25, -0.2) is 0 Å². The summed E-state index contributed by atoms with van der Waals surface area (Å²) in [6.45, 7) is 14.7. The average molecular weight is 222 g/mol. The summed E-state index contributed by atoms with van der Waals surface area (Å²) in [6, 6.07) is 8.85. The Bertz CT molecular complexity index is 218. The van der Waals surface area contributed by atoms with Gasteiger partial charge in [0.25, 0.3) is 0 Å². The fourth-order valence-corrected chi connectivity index (χ4v) is 1.21. The molecule has 0 heteroatoms. The standard InChI is InChI=1S/C12H18.2C2H6/c1-10(2)4-7-12-8-5-11(3)6-9-12;2*1-2/h5-6,8-10H,4,7H2,1-3H3;2*1-2H3. The molecule has 0 heterocycles. The quantitative estimate of drug-likeness (QED) is 0.621. The van der Waals surface area contributed by atoms with Crippen LogP contribution in [0.1, 0.15) is 59.1 Å². The number of benzene rings is 1. The number of hydrogen-bond donors (Lipinski definition) is 0. The van der Waals surface area contributed by atoms with Crippen molar-refractivity contribution in [1.29, 1.82) is 0 Å². The largest absolute Gasteiger partial charge is 0.0683 e. The summed E-state index contributed by atoms with van der Waals surface area (Å²) < 4.78 is 0. The maximum Gasteiger partial charge on any atom is -0.0276 e.